The molecule has 2 N–H and O–H groups in total. The Labute approximate surface area is 120 Å². The minimum Gasteiger partial charge on any atom is -0.324 e. The molecule has 3 atom stereocenters. The van der Waals surface area contributed by atoms with Crippen molar-refractivity contribution >= 4 is 0 Å². The van der Waals surface area contributed by atoms with Crippen LogP contribution < -0.4 is 5.73 Å². The smallest absolute Gasteiger partial charge is 0.0249 e. The van der Waals surface area contributed by atoms with Gasteiger partial charge in [0.1, 0.15) is 0 Å². The molecule has 0 saturated heterocycles. The van der Waals surface area contributed by atoms with E-state index in [1.165, 1.54) is 25.7 Å². The molecule has 0 aromatic heterocycles. The van der Waals surface area contributed by atoms with E-state index < -0.39 is 0 Å². The first kappa shape index (κ1) is 16.5. The van der Waals surface area contributed by atoms with E-state index in [0.717, 1.165) is 19.3 Å². The number of hydrogen-bond acceptors (Lipinski definition) is 1. The number of allylic oxidation sites excluding steroid dienone is 3. The van der Waals surface area contributed by atoms with Crippen LogP contribution in [0.1, 0.15) is 72.6 Å². The van der Waals surface area contributed by atoms with Crippen LogP contribution in [0.4, 0.5) is 0 Å². The van der Waals surface area contributed by atoms with Crippen molar-refractivity contribution in [2.24, 2.45) is 17.1 Å². The number of nitrogens with two attached hydrogens (primary N) is 1. The first-order valence-corrected chi connectivity index (χ1v) is 8.09. The average Bonchev–Trinajstić information content (AvgIpc) is 2.45. The Morgan fingerprint density at radius 3 is 2.53 bits per heavy atom. The summed E-state index contributed by atoms with van der Waals surface area (Å²) in [5.74, 6) is 0.622. The van der Waals surface area contributed by atoms with E-state index in [2.05, 4.69) is 45.9 Å². The summed E-state index contributed by atoms with van der Waals surface area (Å²) in [5.41, 5.74) is 6.93. The van der Waals surface area contributed by atoms with Crippen molar-refractivity contribution in [3.63, 3.8) is 0 Å². The Morgan fingerprint density at radius 1 is 1.32 bits per heavy atom. The maximum Gasteiger partial charge on any atom is 0.0249 e. The van der Waals surface area contributed by atoms with Gasteiger partial charge in [-0.25, -0.2) is 0 Å². The number of rotatable bonds is 8. The highest BCUT2D eigenvalue weighted by Crippen LogP contribution is 2.49. The maximum absolute atomic E-state index is 6.92. The largest absolute Gasteiger partial charge is 0.324 e. The molecule has 0 saturated carbocycles. The lowest BCUT2D eigenvalue weighted by molar-refractivity contribution is 0.0832. The van der Waals surface area contributed by atoms with E-state index in [1.54, 1.807) is 0 Å². The fraction of sp³-hybridized carbons (Fsp3) is 0.778. The third kappa shape index (κ3) is 3.31. The van der Waals surface area contributed by atoms with Crippen molar-refractivity contribution in [3.05, 3.63) is 24.3 Å². The lowest BCUT2D eigenvalue weighted by atomic mass is 9.56. The Hall–Kier alpha value is -0.560. The molecule has 1 aliphatic rings. The van der Waals surface area contributed by atoms with Crippen LogP contribution in [-0.4, -0.2) is 5.54 Å². The molecule has 1 nitrogen and oxygen atoms in total. The van der Waals surface area contributed by atoms with Crippen molar-refractivity contribution in [3.8, 4) is 0 Å². The van der Waals surface area contributed by atoms with Gasteiger partial charge in [-0.05, 0) is 31.3 Å². The summed E-state index contributed by atoms with van der Waals surface area (Å²) in [6.07, 6.45) is 18.1. The molecule has 0 bridgehead atoms. The molecule has 0 fully saturated rings. The molecule has 0 spiro atoms. The minimum atomic E-state index is -0.0879. The van der Waals surface area contributed by atoms with Crippen molar-refractivity contribution in [2.75, 3.05) is 0 Å². The van der Waals surface area contributed by atoms with Gasteiger partial charge in [0.2, 0.25) is 0 Å². The summed E-state index contributed by atoms with van der Waals surface area (Å²) in [5, 5.41) is 0. The van der Waals surface area contributed by atoms with Crippen molar-refractivity contribution in [2.45, 2.75) is 78.2 Å². The monoisotopic (exact) mass is 262 g/mol. The summed E-state index contributed by atoms with van der Waals surface area (Å²) in [6, 6.07) is 0. The molecule has 109 valence electrons. The molecule has 0 aromatic carbocycles. The maximum atomic E-state index is 6.92. The molecule has 1 radical (unpaired) electrons. The first-order valence-electron chi connectivity index (χ1n) is 8.09. The van der Waals surface area contributed by atoms with E-state index in [4.69, 9.17) is 5.73 Å². The van der Waals surface area contributed by atoms with Crippen LogP contribution in [0, 0.1) is 17.4 Å². The van der Waals surface area contributed by atoms with Gasteiger partial charge in [0, 0.05) is 11.0 Å². The molecule has 0 aromatic rings. The highest BCUT2D eigenvalue weighted by molar-refractivity contribution is 5.22. The Bertz CT molecular complexity index is 318. The predicted octanol–water partition coefficient (Wildman–Crippen LogP) is 5.03. The lowest BCUT2D eigenvalue weighted by Gasteiger charge is -2.51. The minimum absolute atomic E-state index is 0.0879. The fourth-order valence-corrected chi connectivity index (χ4v) is 3.67. The Morgan fingerprint density at radius 2 is 2.05 bits per heavy atom. The quantitative estimate of drug-likeness (QED) is 0.652. The first-order chi connectivity index (χ1) is 9.06. The van der Waals surface area contributed by atoms with Crippen LogP contribution in [0.3, 0.4) is 0 Å². The summed E-state index contributed by atoms with van der Waals surface area (Å²) in [7, 11) is 0. The van der Waals surface area contributed by atoms with Crippen LogP contribution in [0.25, 0.3) is 0 Å². The Balaban J connectivity index is 3.06. The third-order valence-electron chi connectivity index (χ3n) is 5.14. The van der Waals surface area contributed by atoms with Gasteiger partial charge in [-0.1, -0.05) is 71.6 Å². The topological polar surface area (TPSA) is 26.0 Å². The van der Waals surface area contributed by atoms with E-state index in [-0.39, 0.29) is 11.0 Å². The van der Waals surface area contributed by atoms with Gasteiger partial charge in [0.25, 0.3) is 0 Å². The molecular weight excluding hydrogens is 230 g/mol. The molecule has 0 heterocycles. The van der Waals surface area contributed by atoms with Crippen LogP contribution >= 0.6 is 0 Å². The molecule has 19 heavy (non-hydrogen) atoms. The van der Waals surface area contributed by atoms with Crippen LogP contribution in [-0.2, 0) is 0 Å². The summed E-state index contributed by atoms with van der Waals surface area (Å²) >= 11 is 0. The molecule has 1 heteroatoms. The van der Waals surface area contributed by atoms with E-state index in [0.29, 0.717) is 5.92 Å². The van der Waals surface area contributed by atoms with Gasteiger partial charge in [-0.2, -0.15) is 0 Å². The molecule has 0 amide bonds. The zero-order chi connectivity index (χ0) is 14.4. The van der Waals surface area contributed by atoms with Crippen molar-refractivity contribution in [1.82, 2.24) is 0 Å². The molecule has 1 aliphatic carbocycles. The predicted molar refractivity (Wildman–Crippen MR) is 84.8 cm³/mol. The molecule has 0 aliphatic heterocycles. The highest BCUT2D eigenvalue weighted by atomic mass is 14.8. The van der Waals surface area contributed by atoms with Gasteiger partial charge < -0.3 is 5.73 Å². The van der Waals surface area contributed by atoms with Gasteiger partial charge in [0.05, 0.1) is 0 Å². The van der Waals surface area contributed by atoms with E-state index in [1.807, 2.05) is 6.08 Å². The van der Waals surface area contributed by atoms with Crippen molar-refractivity contribution < 1.29 is 0 Å². The van der Waals surface area contributed by atoms with Crippen molar-refractivity contribution in [1.29, 1.82) is 0 Å². The second-order valence-electron chi connectivity index (χ2n) is 6.25. The molecule has 1 rings (SSSR count). The summed E-state index contributed by atoms with van der Waals surface area (Å²) in [6.45, 7) is 9.15. The number of unbranched alkanes of at least 4 members (excludes halogenated alkanes) is 1. The average molecular weight is 262 g/mol. The SMILES string of the molecule is CCCCC(N)(CC)C1(C(C)CCC)C=CC=[C]C1. The summed E-state index contributed by atoms with van der Waals surface area (Å²) < 4.78 is 0. The summed E-state index contributed by atoms with van der Waals surface area (Å²) in [4.78, 5) is 0. The fourth-order valence-electron chi connectivity index (χ4n) is 3.67. The second kappa shape index (κ2) is 7.28. The Kier molecular flexibility index (Phi) is 6.32. The van der Waals surface area contributed by atoms with Gasteiger partial charge in [-0.3, -0.25) is 0 Å². The van der Waals surface area contributed by atoms with E-state index >= 15 is 0 Å². The normalized spacial score (nSPS) is 27.2. The molecule has 3 unspecified atom stereocenters. The zero-order valence-electron chi connectivity index (χ0n) is 13.3. The zero-order valence-corrected chi connectivity index (χ0v) is 13.3. The lowest BCUT2D eigenvalue weighted by Crippen LogP contribution is -2.57. The second-order valence-corrected chi connectivity index (χ2v) is 6.25. The third-order valence-corrected chi connectivity index (χ3v) is 5.14. The van der Waals surface area contributed by atoms with Crippen LogP contribution in [0.15, 0.2) is 18.2 Å². The molecular formula is C18H32N. The van der Waals surface area contributed by atoms with Gasteiger partial charge in [-0.15, -0.1) is 0 Å². The standard InChI is InChI=1S/C18H32N/c1-5-8-15-18(19,7-3)17(16(4)12-6-2)13-10-9-11-14-17/h9-10,13,16H,5-8,12,14-15,19H2,1-4H3. The van der Waals surface area contributed by atoms with Gasteiger partial charge >= 0.3 is 0 Å². The van der Waals surface area contributed by atoms with Gasteiger partial charge in [0.15, 0.2) is 0 Å². The van der Waals surface area contributed by atoms with Crippen LogP contribution in [0.2, 0.25) is 0 Å². The number of hydrogen-bond donors (Lipinski definition) is 1. The highest BCUT2D eigenvalue weighted by Gasteiger charge is 2.48. The van der Waals surface area contributed by atoms with E-state index in [9.17, 15) is 0 Å². The van der Waals surface area contributed by atoms with Crippen LogP contribution in [0.5, 0.6) is 0 Å².